The number of nitriles is 2. The van der Waals surface area contributed by atoms with E-state index in [9.17, 15) is 0 Å². The average Bonchev–Trinajstić information content (AvgIpc) is 2.13. The first kappa shape index (κ1) is 11.9. The molecule has 0 saturated carbocycles. The summed E-state index contributed by atoms with van der Waals surface area (Å²) in [5.74, 6) is 0. The maximum absolute atomic E-state index is 8.52. The van der Waals surface area contributed by atoms with Crippen LogP contribution in [0.2, 0.25) is 0 Å². The second-order valence-electron chi connectivity index (χ2n) is 3.05. The van der Waals surface area contributed by atoms with E-state index in [0.717, 1.165) is 32.4 Å². The molecule has 0 aliphatic heterocycles. The zero-order valence-electron chi connectivity index (χ0n) is 8.29. The summed E-state index contributed by atoms with van der Waals surface area (Å²) in [6, 6.07) is 4.28. The Kier molecular flexibility index (Phi) is 8.30. The zero-order chi connectivity index (χ0) is 9.94. The molecule has 0 bridgehead atoms. The summed E-state index contributed by atoms with van der Waals surface area (Å²) < 4.78 is 0. The van der Waals surface area contributed by atoms with E-state index in [4.69, 9.17) is 10.5 Å². The van der Waals surface area contributed by atoms with Crippen LogP contribution in [0.15, 0.2) is 0 Å². The van der Waals surface area contributed by atoms with E-state index in [1.165, 1.54) is 0 Å². The van der Waals surface area contributed by atoms with Gasteiger partial charge in [0.15, 0.2) is 0 Å². The van der Waals surface area contributed by atoms with Gasteiger partial charge in [0.2, 0.25) is 0 Å². The Labute approximate surface area is 80.6 Å². The quantitative estimate of drug-likeness (QED) is 0.443. The van der Waals surface area contributed by atoms with Gasteiger partial charge in [-0.1, -0.05) is 6.92 Å². The van der Waals surface area contributed by atoms with Crippen molar-refractivity contribution in [2.24, 2.45) is 0 Å². The minimum atomic E-state index is 0.514. The molecule has 0 aliphatic carbocycles. The molecule has 3 nitrogen and oxygen atoms in total. The summed E-state index contributed by atoms with van der Waals surface area (Å²) in [4.78, 5) is 2.14. The van der Waals surface area contributed by atoms with Crippen LogP contribution >= 0.6 is 0 Å². The first-order valence-electron chi connectivity index (χ1n) is 4.81. The molecule has 0 rings (SSSR count). The second-order valence-corrected chi connectivity index (χ2v) is 3.05. The molecule has 0 aromatic rings. The van der Waals surface area contributed by atoms with E-state index in [0.29, 0.717) is 13.0 Å². The van der Waals surface area contributed by atoms with Crippen LogP contribution in [0.4, 0.5) is 0 Å². The number of hydrogen-bond donors (Lipinski definition) is 0. The predicted molar refractivity (Wildman–Crippen MR) is 51.8 cm³/mol. The lowest BCUT2D eigenvalue weighted by Crippen LogP contribution is -2.26. The number of unbranched alkanes of at least 4 members (excludes halogenated alkanes) is 2. The smallest absolute Gasteiger partial charge is 0.0865 e. The first-order valence-corrected chi connectivity index (χ1v) is 4.81. The first-order chi connectivity index (χ1) is 6.35. The van der Waals surface area contributed by atoms with Crippen molar-refractivity contribution in [1.82, 2.24) is 4.90 Å². The number of nitrogens with zero attached hydrogens (tertiary/aromatic N) is 3. The van der Waals surface area contributed by atoms with E-state index in [1.807, 2.05) is 0 Å². The molecule has 0 radical (unpaired) electrons. The van der Waals surface area contributed by atoms with Crippen molar-refractivity contribution in [1.29, 1.82) is 10.5 Å². The molecular weight excluding hydrogens is 162 g/mol. The third-order valence-corrected chi connectivity index (χ3v) is 1.85. The van der Waals surface area contributed by atoms with Gasteiger partial charge < -0.3 is 0 Å². The molecule has 0 heterocycles. The molecule has 0 aromatic heterocycles. The maximum Gasteiger partial charge on any atom is 0.0865 e. The van der Waals surface area contributed by atoms with E-state index in [2.05, 4.69) is 24.0 Å². The zero-order valence-corrected chi connectivity index (χ0v) is 8.29. The molecule has 0 unspecified atom stereocenters. The van der Waals surface area contributed by atoms with Crippen LogP contribution in [0.3, 0.4) is 0 Å². The normalized spacial score (nSPS) is 9.54. The lowest BCUT2D eigenvalue weighted by atomic mass is 10.2. The molecule has 0 amide bonds. The fourth-order valence-corrected chi connectivity index (χ4v) is 1.23. The Bertz CT molecular complexity index is 187. The molecule has 0 aliphatic rings. The summed E-state index contributed by atoms with van der Waals surface area (Å²) in [5.41, 5.74) is 0. The van der Waals surface area contributed by atoms with Crippen molar-refractivity contribution < 1.29 is 0 Å². The summed E-state index contributed by atoms with van der Waals surface area (Å²) >= 11 is 0. The summed E-state index contributed by atoms with van der Waals surface area (Å²) in [7, 11) is 0. The summed E-state index contributed by atoms with van der Waals surface area (Å²) in [6.45, 7) is 4.56. The van der Waals surface area contributed by atoms with Gasteiger partial charge in [-0.3, -0.25) is 4.90 Å². The SMILES string of the molecule is CCCN(CC#N)CCCCC#N. The van der Waals surface area contributed by atoms with Crippen molar-refractivity contribution in [2.75, 3.05) is 19.6 Å². The molecule has 72 valence electrons. The Balaban J connectivity index is 3.46. The molecule has 0 saturated heterocycles. The third-order valence-electron chi connectivity index (χ3n) is 1.85. The van der Waals surface area contributed by atoms with Crippen molar-refractivity contribution >= 4 is 0 Å². The van der Waals surface area contributed by atoms with Gasteiger partial charge in [-0.2, -0.15) is 10.5 Å². The molecule has 0 spiro atoms. The second kappa shape index (κ2) is 9.03. The van der Waals surface area contributed by atoms with Crippen LogP contribution < -0.4 is 0 Å². The Morgan fingerprint density at radius 3 is 2.38 bits per heavy atom. The lowest BCUT2D eigenvalue weighted by molar-refractivity contribution is 0.300. The van der Waals surface area contributed by atoms with Crippen molar-refractivity contribution in [3.8, 4) is 12.1 Å². The van der Waals surface area contributed by atoms with E-state index >= 15 is 0 Å². The lowest BCUT2D eigenvalue weighted by Gasteiger charge is -2.17. The summed E-state index contributed by atoms with van der Waals surface area (Å²) in [6.07, 6.45) is 3.68. The van der Waals surface area contributed by atoms with Crippen LogP contribution in [0, 0.1) is 22.7 Å². The monoisotopic (exact) mass is 179 g/mol. The van der Waals surface area contributed by atoms with E-state index in [-0.39, 0.29) is 0 Å². The van der Waals surface area contributed by atoms with E-state index < -0.39 is 0 Å². The maximum atomic E-state index is 8.52. The predicted octanol–water partition coefficient (Wildman–Crippen LogP) is 1.92. The van der Waals surface area contributed by atoms with Gasteiger partial charge in [0.25, 0.3) is 0 Å². The van der Waals surface area contributed by atoms with Gasteiger partial charge in [0, 0.05) is 6.42 Å². The highest BCUT2D eigenvalue weighted by Crippen LogP contribution is 1.98. The average molecular weight is 179 g/mol. The standard InChI is InChI=1S/C10H17N3/c1-2-8-13(10-7-12)9-5-3-4-6-11/h2-5,8-10H2,1H3. The van der Waals surface area contributed by atoms with Crippen LogP contribution in [-0.4, -0.2) is 24.5 Å². The molecule has 13 heavy (non-hydrogen) atoms. The molecule has 0 fully saturated rings. The highest BCUT2D eigenvalue weighted by Gasteiger charge is 2.01. The number of hydrogen-bond acceptors (Lipinski definition) is 3. The van der Waals surface area contributed by atoms with Gasteiger partial charge >= 0.3 is 0 Å². The van der Waals surface area contributed by atoms with Crippen molar-refractivity contribution in [3.63, 3.8) is 0 Å². The van der Waals surface area contributed by atoms with Crippen molar-refractivity contribution in [3.05, 3.63) is 0 Å². The highest BCUT2D eigenvalue weighted by molar-refractivity contribution is 4.76. The Hall–Kier alpha value is -1.06. The van der Waals surface area contributed by atoms with Gasteiger partial charge in [-0.25, -0.2) is 0 Å². The topological polar surface area (TPSA) is 50.8 Å². The van der Waals surface area contributed by atoms with Crippen LogP contribution in [0.25, 0.3) is 0 Å². The molecule has 0 N–H and O–H groups in total. The number of rotatable bonds is 7. The van der Waals surface area contributed by atoms with Gasteiger partial charge in [0.05, 0.1) is 18.7 Å². The fourth-order valence-electron chi connectivity index (χ4n) is 1.23. The third kappa shape index (κ3) is 7.31. The minimum absolute atomic E-state index is 0.514. The van der Waals surface area contributed by atoms with Crippen molar-refractivity contribution in [2.45, 2.75) is 32.6 Å². The molecule has 0 atom stereocenters. The Morgan fingerprint density at radius 1 is 1.08 bits per heavy atom. The Morgan fingerprint density at radius 2 is 1.85 bits per heavy atom. The van der Waals surface area contributed by atoms with Crippen LogP contribution in [0.1, 0.15) is 32.6 Å². The highest BCUT2D eigenvalue weighted by atomic mass is 15.1. The molecule has 0 aromatic carbocycles. The van der Waals surface area contributed by atoms with Gasteiger partial charge in [-0.15, -0.1) is 0 Å². The van der Waals surface area contributed by atoms with Gasteiger partial charge in [0.1, 0.15) is 0 Å². The largest absolute Gasteiger partial charge is 0.291 e. The van der Waals surface area contributed by atoms with Crippen LogP contribution in [-0.2, 0) is 0 Å². The summed E-state index contributed by atoms with van der Waals surface area (Å²) in [5, 5.41) is 16.8. The fraction of sp³-hybridized carbons (Fsp3) is 0.800. The molecular formula is C10H17N3. The molecule has 3 heteroatoms. The van der Waals surface area contributed by atoms with Gasteiger partial charge in [-0.05, 0) is 32.4 Å². The van der Waals surface area contributed by atoms with Crippen LogP contribution in [0.5, 0.6) is 0 Å². The minimum Gasteiger partial charge on any atom is -0.291 e. The van der Waals surface area contributed by atoms with E-state index in [1.54, 1.807) is 0 Å².